The van der Waals surface area contributed by atoms with Crippen LogP contribution in [0.4, 0.5) is 5.69 Å². The Kier molecular flexibility index (Phi) is 15.1. The molecule has 2 nitrogen and oxygen atoms in total. The van der Waals surface area contributed by atoms with E-state index in [2.05, 4.69) is 36.5 Å². The lowest BCUT2D eigenvalue weighted by molar-refractivity contribution is 0.0657. The summed E-state index contributed by atoms with van der Waals surface area (Å²) in [4.78, 5) is 0. The van der Waals surface area contributed by atoms with Crippen LogP contribution < -0.4 is 5.32 Å². The molecule has 0 bridgehead atoms. The SMILES string of the molecule is CC.CC.CCNc1ccc(COC(C)C)cc1. The predicted octanol–water partition coefficient (Wildman–Crippen LogP) is 5.10. The van der Waals surface area contributed by atoms with Crippen molar-refractivity contribution in [3.8, 4) is 0 Å². The van der Waals surface area contributed by atoms with Crippen molar-refractivity contribution in [3.63, 3.8) is 0 Å². The quantitative estimate of drug-likeness (QED) is 0.788. The molecule has 0 aliphatic carbocycles. The summed E-state index contributed by atoms with van der Waals surface area (Å²) in [6.45, 7) is 15.8. The highest BCUT2D eigenvalue weighted by atomic mass is 16.5. The Hall–Kier alpha value is -1.02. The summed E-state index contributed by atoms with van der Waals surface area (Å²) in [5.41, 5.74) is 2.39. The van der Waals surface area contributed by atoms with Gasteiger partial charge in [-0.1, -0.05) is 39.8 Å². The summed E-state index contributed by atoms with van der Waals surface area (Å²) in [6.07, 6.45) is 0.295. The van der Waals surface area contributed by atoms with Crippen LogP contribution in [0.15, 0.2) is 24.3 Å². The minimum absolute atomic E-state index is 0.295. The summed E-state index contributed by atoms with van der Waals surface area (Å²) >= 11 is 0. The molecule has 0 radical (unpaired) electrons. The van der Waals surface area contributed by atoms with Gasteiger partial charge in [0, 0.05) is 12.2 Å². The average Bonchev–Trinajstić information content (AvgIpc) is 2.43. The fourth-order valence-electron chi connectivity index (χ4n) is 1.19. The Morgan fingerprint density at radius 1 is 1.00 bits per heavy atom. The normalized spacial score (nSPS) is 8.89. The Morgan fingerprint density at radius 2 is 1.50 bits per heavy atom. The molecule has 1 N–H and O–H groups in total. The molecule has 1 aromatic carbocycles. The Morgan fingerprint density at radius 3 is 1.89 bits per heavy atom. The van der Waals surface area contributed by atoms with E-state index < -0.39 is 0 Å². The molecule has 1 aromatic rings. The Balaban J connectivity index is 0. The van der Waals surface area contributed by atoms with Crippen LogP contribution in [0.5, 0.6) is 0 Å². The number of hydrogen-bond acceptors (Lipinski definition) is 2. The molecule has 0 unspecified atom stereocenters. The molecule has 0 atom stereocenters. The van der Waals surface area contributed by atoms with Crippen LogP contribution in [0.2, 0.25) is 0 Å². The topological polar surface area (TPSA) is 21.3 Å². The monoisotopic (exact) mass is 253 g/mol. The fraction of sp³-hybridized carbons (Fsp3) is 0.625. The second-order valence-electron chi connectivity index (χ2n) is 3.59. The largest absolute Gasteiger partial charge is 0.385 e. The van der Waals surface area contributed by atoms with E-state index in [4.69, 9.17) is 4.74 Å². The molecule has 0 fully saturated rings. The van der Waals surface area contributed by atoms with E-state index in [-0.39, 0.29) is 0 Å². The number of anilines is 1. The Labute approximate surface area is 114 Å². The van der Waals surface area contributed by atoms with Crippen molar-refractivity contribution in [2.45, 2.75) is 61.2 Å². The first-order valence-corrected chi connectivity index (χ1v) is 7.16. The maximum Gasteiger partial charge on any atom is 0.0720 e. The summed E-state index contributed by atoms with van der Waals surface area (Å²) in [7, 11) is 0. The maximum atomic E-state index is 5.51. The highest BCUT2D eigenvalue weighted by Crippen LogP contribution is 2.10. The van der Waals surface area contributed by atoms with Gasteiger partial charge in [0.05, 0.1) is 12.7 Å². The van der Waals surface area contributed by atoms with Gasteiger partial charge in [-0.15, -0.1) is 0 Å². The van der Waals surface area contributed by atoms with Gasteiger partial charge in [0.1, 0.15) is 0 Å². The van der Waals surface area contributed by atoms with Gasteiger partial charge in [-0.3, -0.25) is 0 Å². The third kappa shape index (κ3) is 10.2. The van der Waals surface area contributed by atoms with Gasteiger partial charge in [-0.2, -0.15) is 0 Å². The average molecular weight is 253 g/mol. The number of rotatable bonds is 5. The summed E-state index contributed by atoms with van der Waals surface area (Å²) in [5.74, 6) is 0. The summed E-state index contributed by atoms with van der Waals surface area (Å²) in [6, 6.07) is 8.37. The van der Waals surface area contributed by atoms with Crippen LogP contribution >= 0.6 is 0 Å². The molecule has 0 aromatic heterocycles. The molecule has 18 heavy (non-hydrogen) atoms. The van der Waals surface area contributed by atoms with Crippen LogP contribution in [0.25, 0.3) is 0 Å². The van der Waals surface area contributed by atoms with Crippen molar-refractivity contribution in [1.29, 1.82) is 0 Å². The van der Waals surface area contributed by atoms with Gasteiger partial charge in [0.25, 0.3) is 0 Å². The van der Waals surface area contributed by atoms with E-state index in [1.807, 2.05) is 41.5 Å². The van der Waals surface area contributed by atoms with E-state index in [0.29, 0.717) is 12.7 Å². The minimum Gasteiger partial charge on any atom is -0.385 e. The van der Waals surface area contributed by atoms with Gasteiger partial charge < -0.3 is 10.1 Å². The van der Waals surface area contributed by atoms with Gasteiger partial charge in [-0.25, -0.2) is 0 Å². The molecular weight excluding hydrogens is 222 g/mol. The van der Waals surface area contributed by atoms with E-state index in [0.717, 1.165) is 6.54 Å². The van der Waals surface area contributed by atoms with Crippen molar-refractivity contribution in [1.82, 2.24) is 0 Å². The molecular formula is C16H31NO. The molecule has 0 saturated heterocycles. The maximum absolute atomic E-state index is 5.51. The molecule has 0 amide bonds. The summed E-state index contributed by atoms with van der Waals surface area (Å²) < 4.78 is 5.51. The van der Waals surface area contributed by atoms with Crippen LogP contribution in [-0.4, -0.2) is 12.6 Å². The zero-order valence-corrected chi connectivity index (χ0v) is 13.2. The van der Waals surface area contributed by atoms with Crippen LogP contribution in [-0.2, 0) is 11.3 Å². The third-order valence-electron chi connectivity index (χ3n) is 1.92. The molecule has 1 rings (SSSR count). The van der Waals surface area contributed by atoms with Crippen LogP contribution in [0.3, 0.4) is 0 Å². The fourth-order valence-corrected chi connectivity index (χ4v) is 1.19. The molecule has 0 heterocycles. The smallest absolute Gasteiger partial charge is 0.0720 e. The van der Waals surface area contributed by atoms with Crippen molar-refractivity contribution in [2.75, 3.05) is 11.9 Å². The summed E-state index contributed by atoms with van der Waals surface area (Å²) in [5, 5.41) is 3.26. The van der Waals surface area contributed by atoms with Crippen molar-refractivity contribution < 1.29 is 4.74 Å². The van der Waals surface area contributed by atoms with Gasteiger partial charge >= 0.3 is 0 Å². The third-order valence-corrected chi connectivity index (χ3v) is 1.92. The van der Waals surface area contributed by atoms with Crippen molar-refractivity contribution >= 4 is 5.69 Å². The molecule has 2 heteroatoms. The number of hydrogen-bond donors (Lipinski definition) is 1. The lowest BCUT2D eigenvalue weighted by Crippen LogP contribution is -2.02. The van der Waals surface area contributed by atoms with Crippen LogP contribution in [0.1, 0.15) is 54.0 Å². The lowest BCUT2D eigenvalue weighted by Gasteiger charge is -2.08. The second-order valence-corrected chi connectivity index (χ2v) is 3.59. The number of ether oxygens (including phenoxy) is 1. The van der Waals surface area contributed by atoms with Crippen molar-refractivity contribution in [3.05, 3.63) is 29.8 Å². The van der Waals surface area contributed by atoms with E-state index >= 15 is 0 Å². The van der Waals surface area contributed by atoms with E-state index in [1.54, 1.807) is 0 Å². The number of nitrogens with one attached hydrogen (secondary N) is 1. The lowest BCUT2D eigenvalue weighted by atomic mass is 10.2. The highest BCUT2D eigenvalue weighted by molar-refractivity contribution is 5.44. The second kappa shape index (κ2) is 14.0. The van der Waals surface area contributed by atoms with Crippen molar-refractivity contribution in [2.24, 2.45) is 0 Å². The van der Waals surface area contributed by atoms with E-state index in [9.17, 15) is 0 Å². The zero-order valence-electron chi connectivity index (χ0n) is 13.2. The molecule has 0 aliphatic rings. The molecule has 0 aliphatic heterocycles. The molecule has 0 spiro atoms. The molecule has 106 valence electrons. The minimum atomic E-state index is 0.295. The first-order chi connectivity index (χ1) is 8.72. The first-order valence-electron chi connectivity index (χ1n) is 7.16. The zero-order chi connectivity index (χ0) is 14.4. The highest BCUT2D eigenvalue weighted by Gasteiger charge is 1.96. The standard InChI is InChI=1S/C12H19NO.2C2H6/c1-4-13-12-7-5-11(6-8-12)9-14-10(2)3;2*1-2/h5-8,10,13H,4,9H2,1-3H3;2*1-2H3. The van der Waals surface area contributed by atoms with Crippen LogP contribution in [0, 0.1) is 0 Å². The Bertz CT molecular complexity index is 254. The molecule has 0 saturated carbocycles. The van der Waals surface area contributed by atoms with E-state index in [1.165, 1.54) is 11.3 Å². The predicted molar refractivity (Wildman–Crippen MR) is 83.2 cm³/mol. The van der Waals surface area contributed by atoms with Gasteiger partial charge in [0.15, 0.2) is 0 Å². The van der Waals surface area contributed by atoms with Gasteiger partial charge in [0.2, 0.25) is 0 Å². The number of benzene rings is 1. The van der Waals surface area contributed by atoms with Gasteiger partial charge in [-0.05, 0) is 38.5 Å². The first kappa shape index (κ1) is 19.3.